The van der Waals surface area contributed by atoms with Gasteiger partial charge in [0.05, 0.1) is 24.2 Å². The number of aliphatic hydroxyl groups excluding tert-OH is 1. The Morgan fingerprint density at radius 1 is 1.42 bits per heavy atom. The van der Waals surface area contributed by atoms with Crippen molar-refractivity contribution >= 4 is 0 Å². The van der Waals surface area contributed by atoms with Gasteiger partial charge in [0.2, 0.25) is 0 Å². The van der Waals surface area contributed by atoms with Crippen LogP contribution in [0.1, 0.15) is 6.42 Å². The highest BCUT2D eigenvalue weighted by atomic mass is 16.5. The molecule has 0 aromatic carbocycles. The minimum Gasteiger partial charge on any atom is -0.396 e. The summed E-state index contributed by atoms with van der Waals surface area (Å²) in [5.41, 5.74) is -1.14. The first-order valence-corrected chi connectivity index (χ1v) is 4.34. The zero-order valence-electron chi connectivity index (χ0n) is 7.05. The van der Waals surface area contributed by atoms with Crippen LogP contribution in [-0.2, 0) is 4.74 Å². The van der Waals surface area contributed by atoms with E-state index in [0.717, 1.165) is 6.42 Å². The topological polar surface area (TPSA) is 61.7 Å². The molecule has 2 rings (SSSR count). The second-order valence-corrected chi connectivity index (χ2v) is 3.88. The summed E-state index contributed by atoms with van der Waals surface area (Å²) in [6, 6.07) is 0. The molecule has 12 heavy (non-hydrogen) atoms. The van der Waals surface area contributed by atoms with E-state index in [2.05, 4.69) is 5.32 Å². The predicted molar refractivity (Wildman–Crippen MR) is 42.8 cm³/mol. The van der Waals surface area contributed by atoms with Crippen LogP contribution in [0, 0.1) is 5.41 Å². The number of ether oxygens (including phenoxy) is 1. The summed E-state index contributed by atoms with van der Waals surface area (Å²) in [5, 5.41) is 22.3. The van der Waals surface area contributed by atoms with Crippen molar-refractivity contribution in [1.82, 2.24) is 5.32 Å². The number of hydrogen-bond acceptors (Lipinski definition) is 4. The van der Waals surface area contributed by atoms with Gasteiger partial charge in [-0.1, -0.05) is 0 Å². The Balaban J connectivity index is 2.15. The van der Waals surface area contributed by atoms with Crippen LogP contribution >= 0.6 is 0 Å². The number of rotatable bonds is 2. The van der Waals surface area contributed by atoms with Gasteiger partial charge in [0, 0.05) is 19.7 Å². The standard InChI is InChI=1S/C8H15NO3/c10-5-7(1-2-12-6-7)8(11)3-9-4-8/h9-11H,1-6H2. The van der Waals surface area contributed by atoms with Crippen molar-refractivity contribution in [2.24, 2.45) is 5.41 Å². The van der Waals surface area contributed by atoms with Gasteiger partial charge in [-0.15, -0.1) is 0 Å². The van der Waals surface area contributed by atoms with Crippen molar-refractivity contribution < 1.29 is 14.9 Å². The Kier molecular flexibility index (Phi) is 1.88. The van der Waals surface area contributed by atoms with Crippen LogP contribution in [-0.4, -0.2) is 48.7 Å². The molecule has 2 heterocycles. The zero-order chi connectivity index (χ0) is 8.66. The predicted octanol–water partition coefficient (Wildman–Crippen LogP) is -1.28. The lowest BCUT2D eigenvalue weighted by atomic mass is 9.68. The van der Waals surface area contributed by atoms with Crippen LogP contribution < -0.4 is 5.32 Å². The molecule has 2 fully saturated rings. The molecule has 0 spiro atoms. The molecule has 0 radical (unpaired) electrons. The first-order valence-electron chi connectivity index (χ1n) is 4.34. The lowest BCUT2D eigenvalue weighted by molar-refractivity contribution is -0.140. The van der Waals surface area contributed by atoms with Gasteiger partial charge < -0.3 is 20.3 Å². The number of β-amino-alcohol motifs (C(OH)–C–C–N with tert-alkyl or cyclic N) is 1. The molecule has 0 aromatic rings. The van der Waals surface area contributed by atoms with E-state index in [1.54, 1.807) is 0 Å². The molecule has 2 aliphatic heterocycles. The Bertz CT molecular complexity index is 173. The van der Waals surface area contributed by atoms with E-state index in [4.69, 9.17) is 4.74 Å². The van der Waals surface area contributed by atoms with Crippen molar-refractivity contribution in [2.75, 3.05) is 32.9 Å². The monoisotopic (exact) mass is 173 g/mol. The van der Waals surface area contributed by atoms with Crippen LogP contribution in [0.4, 0.5) is 0 Å². The van der Waals surface area contributed by atoms with Gasteiger partial charge in [-0.2, -0.15) is 0 Å². The largest absolute Gasteiger partial charge is 0.396 e. The molecule has 70 valence electrons. The van der Waals surface area contributed by atoms with E-state index in [1.807, 2.05) is 0 Å². The molecule has 3 N–H and O–H groups in total. The number of hydrogen-bond donors (Lipinski definition) is 3. The van der Waals surface area contributed by atoms with Crippen molar-refractivity contribution in [1.29, 1.82) is 0 Å². The average molecular weight is 173 g/mol. The normalized spacial score (nSPS) is 39.5. The third-order valence-corrected chi connectivity index (χ3v) is 3.23. The van der Waals surface area contributed by atoms with Crippen molar-refractivity contribution in [3.05, 3.63) is 0 Å². The van der Waals surface area contributed by atoms with Gasteiger partial charge in [0.15, 0.2) is 0 Å². The lowest BCUT2D eigenvalue weighted by Gasteiger charge is -2.49. The fraction of sp³-hybridized carbons (Fsp3) is 1.00. The van der Waals surface area contributed by atoms with E-state index in [0.29, 0.717) is 26.3 Å². The molecule has 2 saturated heterocycles. The SMILES string of the molecule is OCC1(C2(O)CNC2)CCOC1. The molecule has 0 aromatic heterocycles. The highest BCUT2D eigenvalue weighted by molar-refractivity contribution is 5.08. The second kappa shape index (κ2) is 2.67. The number of nitrogens with one attached hydrogen (secondary N) is 1. The maximum Gasteiger partial charge on any atom is 0.0995 e. The summed E-state index contributed by atoms with van der Waals surface area (Å²) in [5.74, 6) is 0. The molecule has 0 aliphatic carbocycles. The fourth-order valence-corrected chi connectivity index (χ4v) is 1.98. The van der Waals surface area contributed by atoms with Crippen LogP contribution in [0.5, 0.6) is 0 Å². The molecular formula is C8H15NO3. The average Bonchev–Trinajstić information content (AvgIpc) is 2.49. The molecule has 0 amide bonds. The smallest absolute Gasteiger partial charge is 0.0995 e. The van der Waals surface area contributed by atoms with Crippen molar-refractivity contribution in [3.8, 4) is 0 Å². The third kappa shape index (κ3) is 0.925. The molecule has 1 unspecified atom stereocenters. The summed E-state index contributed by atoms with van der Waals surface area (Å²) >= 11 is 0. The molecular weight excluding hydrogens is 158 g/mol. The van der Waals surface area contributed by atoms with Crippen LogP contribution in [0.3, 0.4) is 0 Å². The van der Waals surface area contributed by atoms with Gasteiger partial charge in [-0.05, 0) is 6.42 Å². The minimum absolute atomic E-state index is 0.0190. The third-order valence-electron chi connectivity index (χ3n) is 3.23. The van der Waals surface area contributed by atoms with Gasteiger partial charge in [-0.25, -0.2) is 0 Å². The van der Waals surface area contributed by atoms with Crippen LogP contribution in [0.25, 0.3) is 0 Å². The summed E-state index contributed by atoms with van der Waals surface area (Å²) < 4.78 is 5.23. The molecule has 4 heteroatoms. The molecule has 4 nitrogen and oxygen atoms in total. The first-order chi connectivity index (χ1) is 5.72. The Morgan fingerprint density at radius 3 is 2.50 bits per heavy atom. The van der Waals surface area contributed by atoms with E-state index < -0.39 is 11.0 Å². The number of aliphatic hydroxyl groups is 2. The maximum absolute atomic E-state index is 10.1. The van der Waals surface area contributed by atoms with E-state index >= 15 is 0 Å². The quantitative estimate of drug-likeness (QED) is 0.487. The fourth-order valence-electron chi connectivity index (χ4n) is 1.98. The van der Waals surface area contributed by atoms with Gasteiger partial charge in [0.25, 0.3) is 0 Å². The summed E-state index contributed by atoms with van der Waals surface area (Å²) in [6.07, 6.45) is 0.766. The molecule has 0 bridgehead atoms. The Morgan fingerprint density at radius 2 is 2.17 bits per heavy atom. The summed E-state index contributed by atoms with van der Waals surface area (Å²) in [6.45, 7) is 2.32. The molecule has 0 saturated carbocycles. The van der Waals surface area contributed by atoms with E-state index in [-0.39, 0.29) is 6.61 Å². The Labute approximate surface area is 71.5 Å². The van der Waals surface area contributed by atoms with Crippen molar-refractivity contribution in [2.45, 2.75) is 12.0 Å². The van der Waals surface area contributed by atoms with Crippen LogP contribution in [0.2, 0.25) is 0 Å². The highest BCUT2D eigenvalue weighted by Gasteiger charge is 2.55. The van der Waals surface area contributed by atoms with Crippen LogP contribution in [0.15, 0.2) is 0 Å². The van der Waals surface area contributed by atoms with Gasteiger partial charge in [0.1, 0.15) is 0 Å². The van der Waals surface area contributed by atoms with Crippen molar-refractivity contribution in [3.63, 3.8) is 0 Å². The van der Waals surface area contributed by atoms with Gasteiger partial charge in [-0.3, -0.25) is 0 Å². The van der Waals surface area contributed by atoms with E-state index in [1.165, 1.54) is 0 Å². The Hall–Kier alpha value is -0.160. The van der Waals surface area contributed by atoms with E-state index in [9.17, 15) is 10.2 Å². The molecule has 1 atom stereocenters. The highest BCUT2D eigenvalue weighted by Crippen LogP contribution is 2.41. The van der Waals surface area contributed by atoms with Gasteiger partial charge >= 0.3 is 0 Å². The lowest BCUT2D eigenvalue weighted by Crippen LogP contribution is -2.69. The summed E-state index contributed by atoms with van der Waals surface area (Å²) in [4.78, 5) is 0. The zero-order valence-corrected chi connectivity index (χ0v) is 7.05. The second-order valence-electron chi connectivity index (χ2n) is 3.88. The molecule has 2 aliphatic rings. The first kappa shape index (κ1) is 8.44. The summed E-state index contributed by atoms with van der Waals surface area (Å²) in [7, 11) is 0. The maximum atomic E-state index is 10.1. The minimum atomic E-state index is -0.738.